The summed E-state index contributed by atoms with van der Waals surface area (Å²) >= 11 is 0. The van der Waals surface area contributed by atoms with Crippen molar-refractivity contribution in [2.24, 2.45) is 5.92 Å². The van der Waals surface area contributed by atoms with Gasteiger partial charge in [-0.1, -0.05) is 0 Å². The highest BCUT2D eigenvalue weighted by atomic mass is 16.5. The number of nitrogens with zero attached hydrogens (tertiary/aromatic N) is 1. The van der Waals surface area contributed by atoms with Gasteiger partial charge in [0.05, 0.1) is 0 Å². The topological polar surface area (TPSA) is 50.8 Å². The summed E-state index contributed by atoms with van der Waals surface area (Å²) in [6, 6.07) is 0. The lowest BCUT2D eigenvalue weighted by molar-refractivity contribution is -0.130. The average molecular weight is 284 g/mol. The molecule has 2 aliphatic rings. The van der Waals surface area contributed by atoms with Crippen LogP contribution in [-0.4, -0.2) is 63.4 Å². The van der Waals surface area contributed by atoms with E-state index < -0.39 is 0 Å². The molecule has 0 spiro atoms. The van der Waals surface area contributed by atoms with Crippen LogP contribution >= 0.6 is 0 Å². The summed E-state index contributed by atoms with van der Waals surface area (Å²) in [7, 11) is 1.75. The molecular weight excluding hydrogens is 256 g/mol. The lowest BCUT2D eigenvalue weighted by Gasteiger charge is -2.32. The van der Waals surface area contributed by atoms with Crippen molar-refractivity contribution in [3.8, 4) is 0 Å². The van der Waals surface area contributed by atoms with Gasteiger partial charge in [-0.2, -0.15) is 0 Å². The Morgan fingerprint density at radius 2 is 2.15 bits per heavy atom. The molecule has 2 saturated heterocycles. The number of methoxy groups -OCH3 is 1. The van der Waals surface area contributed by atoms with E-state index in [0.29, 0.717) is 5.92 Å². The normalized spacial score (nSPS) is 24.9. The molecule has 0 saturated carbocycles. The van der Waals surface area contributed by atoms with Crippen LogP contribution in [0.2, 0.25) is 0 Å². The third-order valence-corrected chi connectivity index (χ3v) is 4.32. The summed E-state index contributed by atoms with van der Waals surface area (Å²) in [5, 5.41) is 3.06. The smallest absolute Gasteiger partial charge is 0.249 e. The minimum atomic E-state index is -0.191. The number of likely N-dealkylation sites (tertiary alicyclic amines) is 1. The van der Waals surface area contributed by atoms with E-state index >= 15 is 0 Å². The molecule has 0 aromatic rings. The molecule has 2 aliphatic heterocycles. The first-order valence-electron chi connectivity index (χ1n) is 7.90. The van der Waals surface area contributed by atoms with Crippen molar-refractivity contribution in [1.82, 2.24) is 10.2 Å². The monoisotopic (exact) mass is 284 g/mol. The second-order valence-electron chi connectivity index (χ2n) is 5.88. The van der Waals surface area contributed by atoms with E-state index in [9.17, 15) is 4.79 Å². The number of ether oxygens (including phenoxy) is 2. The molecule has 116 valence electrons. The minimum Gasteiger partial charge on any atom is -0.385 e. The van der Waals surface area contributed by atoms with Crippen LogP contribution in [0.5, 0.6) is 0 Å². The zero-order chi connectivity index (χ0) is 14.2. The van der Waals surface area contributed by atoms with Crippen molar-refractivity contribution in [3.05, 3.63) is 0 Å². The molecule has 5 heteroatoms. The molecule has 0 unspecified atom stereocenters. The van der Waals surface area contributed by atoms with E-state index in [2.05, 4.69) is 10.2 Å². The number of nitrogens with one attached hydrogen (secondary N) is 1. The first-order chi connectivity index (χ1) is 9.79. The molecule has 2 heterocycles. The first kappa shape index (κ1) is 15.7. The molecule has 0 aromatic carbocycles. The zero-order valence-corrected chi connectivity index (χ0v) is 12.6. The average Bonchev–Trinajstić information content (AvgIpc) is 3.01. The largest absolute Gasteiger partial charge is 0.385 e. The van der Waals surface area contributed by atoms with Crippen LogP contribution in [0, 0.1) is 5.92 Å². The highest BCUT2D eigenvalue weighted by Gasteiger charge is 2.25. The Morgan fingerprint density at radius 3 is 2.80 bits per heavy atom. The van der Waals surface area contributed by atoms with E-state index in [1.54, 1.807) is 7.11 Å². The van der Waals surface area contributed by atoms with Crippen molar-refractivity contribution in [2.75, 3.05) is 46.5 Å². The Bertz CT molecular complexity index is 285. The van der Waals surface area contributed by atoms with Crippen LogP contribution in [-0.2, 0) is 14.3 Å². The van der Waals surface area contributed by atoms with Gasteiger partial charge in [0.2, 0.25) is 5.91 Å². The predicted molar refractivity (Wildman–Crippen MR) is 77.6 cm³/mol. The number of piperidine rings is 1. The fourth-order valence-corrected chi connectivity index (χ4v) is 2.99. The molecule has 0 aromatic heterocycles. The molecule has 2 rings (SSSR count). The summed E-state index contributed by atoms with van der Waals surface area (Å²) in [5.74, 6) is 0.712. The standard InChI is InChI=1S/C15H28N2O3/c1-19-10-3-7-17-8-5-13(6-9-17)12-16-15(18)14-4-2-11-20-14/h13-14H,2-12H2,1H3,(H,16,18)/t14-/m0/s1. The second-order valence-corrected chi connectivity index (χ2v) is 5.88. The second kappa shape index (κ2) is 8.60. The molecule has 2 fully saturated rings. The van der Waals surface area contributed by atoms with Gasteiger partial charge in [-0.05, 0) is 51.1 Å². The third-order valence-electron chi connectivity index (χ3n) is 4.32. The van der Waals surface area contributed by atoms with Gasteiger partial charge in [-0.3, -0.25) is 4.79 Å². The molecule has 20 heavy (non-hydrogen) atoms. The van der Waals surface area contributed by atoms with Crippen molar-refractivity contribution < 1.29 is 14.3 Å². The number of amides is 1. The first-order valence-corrected chi connectivity index (χ1v) is 7.90. The summed E-state index contributed by atoms with van der Waals surface area (Å²) in [6.45, 7) is 5.80. The molecule has 0 bridgehead atoms. The Hall–Kier alpha value is -0.650. The summed E-state index contributed by atoms with van der Waals surface area (Å²) < 4.78 is 10.5. The fourth-order valence-electron chi connectivity index (χ4n) is 2.99. The van der Waals surface area contributed by atoms with Gasteiger partial charge >= 0.3 is 0 Å². The molecule has 1 N–H and O–H groups in total. The number of carbonyl (C=O) groups is 1. The number of hydrogen-bond acceptors (Lipinski definition) is 4. The van der Waals surface area contributed by atoms with Crippen LogP contribution in [0.1, 0.15) is 32.1 Å². The maximum absolute atomic E-state index is 11.9. The zero-order valence-electron chi connectivity index (χ0n) is 12.6. The van der Waals surface area contributed by atoms with E-state index in [1.165, 1.54) is 12.8 Å². The van der Waals surface area contributed by atoms with Gasteiger partial charge in [0.1, 0.15) is 6.10 Å². The molecule has 1 amide bonds. The van der Waals surface area contributed by atoms with Gasteiger partial charge < -0.3 is 19.7 Å². The molecular formula is C15H28N2O3. The Morgan fingerprint density at radius 1 is 1.35 bits per heavy atom. The predicted octanol–water partition coefficient (Wildman–Crippen LogP) is 1.03. The Balaban J connectivity index is 1.56. The molecule has 0 aliphatic carbocycles. The number of hydrogen-bond donors (Lipinski definition) is 1. The van der Waals surface area contributed by atoms with Crippen LogP contribution in [0.4, 0.5) is 0 Å². The van der Waals surface area contributed by atoms with Crippen molar-refractivity contribution in [2.45, 2.75) is 38.2 Å². The number of rotatable bonds is 7. The van der Waals surface area contributed by atoms with Gasteiger partial charge in [0, 0.05) is 33.4 Å². The van der Waals surface area contributed by atoms with E-state index in [-0.39, 0.29) is 12.0 Å². The van der Waals surface area contributed by atoms with Crippen LogP contribution in [0.15, 0.2) is 0 Å². The minimum absolute atomic E-state index is 0.0880. The Kier molecular flexibility index (Phi) is 6.76. The summed E-state index contributed by atoms with van der Waals surface area (Å²) in [5.41, 5.74) is 0. The van der Waals surface area contributed by atoms with E-state index in [4.69, 9.17) is 9.47 Å². The molecule has 1 atom stereocenters. The highest BCUT2D eigenvalue weighted by Crippen LogP contribution is 2.17. The number of carbonyl (C=O) groups excluding carboxylic acids is 1. The van der Waals surface area contributed by atoms with Crippen molar-refractivity contribution in [3.63, 3.8) is 0 Å². The van der Waals surface area contributed by atoms with Gasteiger partial charge in [-0.25, -0.2) is 0 Å². The van der Waals surface area contributed by atoms with Gasteiger partial charge in [0.25, 0.3) is 0 Å². The van der Waals surface area contributed by atoms with Crippen molar-refractivity contribution >= 4 is 5.91 Å². The molecule has 5 nitrogen and oxygen atoms in total. The van der Waals surface area contributed by atoms with Gasteiger partial charge in [0.15, 0.2) is 0 Å². The van der Waals surface area contributed by atoms with E-state index in [1.807, 2.05) is 0 Å². The summed E-state index contributed by atoms with van der Waals surface area (Å²) in [4.78, 5) is 14.4. The quantitative estimate of drug-likeness (QED) is 0.710. The summed E-state index contributed by atoms with van der Waals surface area (Å²) in [6.07, 6.45) is 5.17. The lowest BCUT2D eigenvalue weighted by Crippen LogP contribution is -2.41. The maximum Gasteiger partial charge on any atom is 0.249 e. The highest BCUT2D eigenvalue weighted by molar-refractivity contribution is 5.80. The fraction of sp³-hybridized carbons (Fsp3) is 0.933. The van der Waals surface area contributed by atoms with Crippen LogP contribution < -0.4 is 5.32 Å². The molecule has 0 radical (unpaired) electrons. The Labute approximate surface area is 122 Å². The van der Waals surface area contributed by atoms with E-state index in [0.717, 1.165) is 58.7 Å². The van der Waals surface area contributed by atoms with Gasteiger partial charge in [-0.15, -0.1) is 0 Å². The maximum atomic E-state index is 11.9. The van der Waals surface area contributed by atoms with Crippen LogP contribution in [0.25, 0.3) is 0 Å². The third kappa shape index (κ3) is 5.04. The lowest BCUT2D eigenvalue weighted by atomic mass is 9.96. The van der Waals surface area contributed by atoms with Crippen LogP contribution in [0.3, 0.4) is 0 Å². The van der Waals surface area contributed by atoms with Crippen molar-refractivity contribution in [1.29, 1.82) is 0 Å². The SMILES string of the molecule is COCCCN1CCC(CNC(=O)[C@@H]2CCCO2)CC1.